The van der Waals surface area contributed by atoms with E-state index in [0.29, 0.717) is 28.1 Å². The van der Waals surface area contributed by atoms with Gasteiger partial charge in [-0.1, -0.05) is 18.2 Å². The van der Waals surface area contributed by atoms with Crippen LogP contribution in [0.4, 0.5) is 11.5 Å². The Labute approximate surface area is 202 Å². The van der Waals surface area contributed by atoms with Crippen LogP contribution < -0.4 is 22.1 Å². The lowest BCUT2D eigenvalue weighted by Crippen LogP contribution is -2.37. The minimum absolute atomic E-state index is 0.135. The third kappa shape index (κ3) is 5.67. The maximum Gasteiger partial charge on any atom is 0.250 e. The molecule has 7 N–H and O–H groups in total. The summed E-state index contributed by atoms with van der Waals surface area (Å²) in [4.78, 5) is 44.3. The molecular weight excluding hydrogens is 446 g/mol. The van der Waals surface area contributed by atoms with Gasteiger partial charge in [-0.25, -0.2) is 9.97 Å². The van der Waals surface area contributed by atoms with Gasteiger partial charge in [0, 0.05) is 29.6 Å². The monoisotopic (exact) mass is 473 g/mol. The summed E-state index contributed by atoms with van der Waals surface area (Å²) < 4.78 is 0. The SMILES string of the molecule is N=C(CC(N)C(=O)Nc1cccc(C(CC=O)Nc2ncnc3c(C(N)=O)cccc23)c1)C1CC1. The fourth-order valence-electron chi connectivity index (χ4n) is 3.94. The molecule has 35 heavy (non-hydrogen) atoms. The largest absolute Gasteiger partial charge is 0.366 e. The first-order chi connectivity index (χ1) is 16.9. The molecule has 2 amide bonds. The predicted octanol–water partition coefficient (Wildman–Crippen LogP) is 2.56. The predicted molar refractivity (Wildman–Crippen MR) is 133 cm³/mol. The van der Waals surface area contributed by atoms with Crippen LogP contribution in [0.2, 0.25) is 0 Å². The molecule has 0 aliphatic heterocycles. The van der Waals surface area contributed by atoms with Gasteiger partial charge in [0.15, 0.2) is 0 Å². The highest BCUT2D eigenvalue weighted by molar-refractivity contribution is 6.07. The van der Waals surface area contributed by atoms with Crippen molar-refractivity contribution in [1.29, 1.82) is 5.41 Å². The molecule has 2 unspecified atom stereocenters. The molecular formula is C25H27N7O3. The summed E-state index contributed by atoms with van der Waals surface area (Å²) in [6.45, 7) is 0. The van der Waals surface area contributed by atoms with Crippen LogP contribution in [0.3, 0.4) is 0 Å². The minimum atomic E-state index is -0.803. The first-order valence-corrected chi connectivity index (χ1v) is 11.3. The standard InChI is InChI=1S/C25H27N7O3/c26-19(14-7-8-14)12-20(27)25(35)31-16-4-1-3-15(11-16)21(9-10-33)32-24-18-6-2-5-17(23(28)34)22(18)29-13-30-24/h1-6,10-11,13-14,20-21,26H,7-9,12,27H2,(H2,28,34)(H,31,35)(H,29,30,32). The number of amides is 2. The number of aromatic nitrogens is 2. The van der Waals surface area contributed by atoms with Crippen molar-refractivity contribution < 1.29 is 14.4 Å². The highest BCUT2D eigenvalue weighted by Crippen LogP contribution is 2.31. The maximum atomic E-state index is 12.6. The van der Waals surface area contributed by atoms with Crippen molar-refractivity contribution in [1.82, 2.24) is 9.97 Å². The van der Waals surface area contributed by atoms with E-state index in [1.54, 1.807) is 36.4 Å². The second-order valence-electron chi connectivity index (χ2n) is 8.61. The summed E-state index contributed by atoms with van der Waals surface area (Å²) in [5.41, 5.74) is 14.0. The van der Waals surface area contributed by atoms with E-state index in [1.807, 2.05) is 6.07 Å². The van der Waals surface area contributed by atoms with Crippen molar-refractivity contribution in [2.45, 2.75) is 37.8 Å². The van der Waals surface area contributed by atoms with Crippen LogP contribution in [-0.2, 0) is 9.59 Å². The molecule has 1 heterocycles. The lowest BCUT2D eigenvalue weighted by molar-refractivity contribution is -0.117. The normalized spacial score (nSPS) is 14.7. The minimum Gasteiger partial charge on any atom is -0.366 e. The quantitative estimate of drug-likeness (QED) is 0.210. The second kappa shape index (κ2) is 10.4. The molecule has 2 aromatic carbocycles. The first kappa shape index (κ1) is 24.0. The lowest BCUT2D eigenvalue weighted by atomic mass is 10.0. The molecule has 3 aromatic rings. The summed E-state index contributed by atoms with van der Waals surface area (Å²) >= 11 is 0. The molecule has 1 aliphatic carbocycles. The number of para-hydroxylation sites is 1. The molecule has 180 valence electrons. The second-order valence-corrected chi connectivity index (χ2v) is 8.61. The maximum absolute atomic E-state index is 12.6. The molecule has 0 spiro atoms. The Morgan fingerprint density at radius 3 is 2.66 bits per heavy atom. The van der Waals surface area contributed by atoms with Crippen molar-refractivity contribution >= 4 is 46.2 Å². The Bertz CT molecular complexity index is 1290. The molecule has 10 heteroatoms. The summed E-state index contributed by atoms with van der Waals surface area (Å²) in [5, 5.41) is 14.7. The summed E-state index contributed by atoms with van der Waals surface area (Å²) in [6, 6.07) is 10.9. The molecule has 1 saturated carbocycles. The summed E-state index contributed by atoms with van der Waals surface area (Å²) in [6.07, 6.45) is 4.47. The van der Waals surface area contributed by atoms with Gasteiger partial charge >= 0.3 is 0 Å². The molecule has 0 bridgehead atoms. The van der Waals surface area contributed by atoms with E-state index >= 15 is 0 Å². The number of carbonyl (C=O) groups is 3. The van der Waals surface area contributed by atoms with Gasteiger partial charge < -0.3 is 32.3 Å². The molecule has 1 fully saturated rings. The van der Waals surface area contributed by atoms with Crippen LogP contribution in [0.5, 0.6) is 0 Å². The number of nitrogens with zero attached hydrogens (tertiary/aromatic N) is 2. The highest BCUT2D eigenvalue weighted by Gasteiger charge is 2.29. The molecule has 4 rings (SSSR count). The van der Waals surface area contributed by atoms with Crippen LogP contribution in [0, 0.1) is 11.3 Å². The number of rotatable bonds is 11. The third-order valence-corrected chi connectivity index (χ3v) is 5.98. The smallest absolute Gasteiger partial charge is 0.250 e. The van der Waals surface area contributed by atoms with Crippen LogP contribution in [-0.4, -0.2) is 39.8 Å². The van der Waals surface area contributed by atoms with Gasteiger partial charge in [0.25, 0.3) is 5.91 Å². The fraction of sp³-hybridized carbons (Fsp3) is 0.280. The number of aldehydes is 1. The Balaban J connectivity index is 1.54. The van der Waals surface area contributed by atoms with Crippen molar-refractivity contribution in [3.05, 3.63) is 59.9 Å². The first-order valence-electron chi connectivity index (χ1n) is 11.3. The molecule has 1 aromatic heterocycles. The van der Waals surface area contributed by atoms with E-state index < -0.39 is 18.0 Å². The molecule has 2 atom stereocenters. The van der Waals surface area contributed by atoms with Gasteiger partial charge in [-0.3, -0.25) is 9.59 Å². The zero-order valence-electron chi connectivity index (χ0n) is 19.0. The van der Waals surface area contributed by atoms with Crippen LogP contribution in [0.15, 0.2) is 48.8 Å². The van der Waals surface area contributed by atoms with Gasteiger partial charge in [0.05, 0.1) is 23.2 Å². The van der Waals surface area contributed by atoms with Crippen LogP contribution in [0.25, 0.3) is 10.9 Å². The van der Waals surface area contributed by atoms with E-state index in [-0.39, 0.29) is 30.2 Å². The van der Waals surface area contributed by atoms with Crippen LogP contribution in [0.1, 0.15) is 47.6 Å². The summed E-state index contributed by atoms with van der Waals surface area (Å²) in [5.74, 6) is -0.254. The highest BCUT2D eigenvalue weighted by atomic mass is 16.2. The van der Waals surface area contributed by atoms with Gasteiger partial charge in [0.1, 0.15) is 18.4 Å². The number of hydrogen-bond donors (Lipinski definition) is 5. The average Bonchev–Trinajstić information content (AvgIpc) is 3.69. The van der Waals surface area contributed by atoms with E-state index in [0.717, 1.165) is 24.7 Å². The number of hydrogen-bond acceptors (Lipinski definition) is 8. The Morgan fingerprint density at radius 2 is 1.94 bits per heavy atom. The zero-order chi connectivity index (χ0) is 24.9. The van der Waals surface area contributed by atoms with Crippen molar-refractivity contribution in [2.24, 2.45) is 17.4 Å². The Hall–Kier alpha value is -4.18. The van der Waals surface area contributed by atoms with Gasteiger partial charge in [0.2, 0.25) is 5.91 Å². The number of nitrogens with one attached hydrogen (secondary N) is 3. The van der Waals surface area contributed by atoms with E-state index in [9.17, 15) is 14.4 Å². The van der Waals surface area contributed by atoms with Gasteiger partial charge in [-0.2, -0.15) is 0 Å². The van der Waals surface area contributed by atoms with Crippen LogP contribution >= 0.6 is 0 Å². The van der Waals surface area contributed by atoms with Crippen molar-refractivity contribution in [3.8, 4) is 0 Å². The van der Waals surface area contributed by atoms with Crippen molar-refractivity contribution in [2.75, 3.05) is 10.6 Å². The van der Waals surface area contributed by atoms with Gasteiger partial charge in [-0.05, 0) is 48.6 Å². The third-order valence-electron chi connectivity index (χ3n) is 5.98. The Morgan fingerprint density at radius 1 is 1.17 bits per heavy atom. The number of fused-ring (bicyclic) bond motifs is 1. The summed E-state index contributed by atoms with van der Waals surface area (Å²) in [7, 11) is 0. The molecule has 0 saturated heterocycles. The topological polar surface area (TPSA) is 177 Å². The average molecular weight is 474 g/mol. The number of primary amides is 1. The van der Waals surface area contributed by atoms with Crippen molar-refractivity contribution in [3.63, 3.8) is 0 Å². The number of benzene rings is 2. The van der Waals surface area contributed by atoms with E-state index in [2.05, 4.69) is 20.6 Å². The lowest BCUT2D eigenvalue weighted by Gasteiger charge is -2.20. The Kier molecular flexibility index (Phi) is 7.11. The molecule has 1 aliphatic rings. The number of anilines is 2. The molecule has 10 nitrogen and oxygen atoms in total. The van der Waals surface area contributed by atoms with Gasteiger partial charge in [-0.15, -0.1) is 0 Å². The number of nitrogens with two attached hydrogens (primary N) is 2. The van der Waals surface area contributed by atoms with E-state index in [4.69, 9.17) is 16.9 Å². The fourth-order valence-corrected chi connectivity index (χ4v) is 3.94. The zero-order valence-corrected chi connectivity index (χ0v) is 19.0. The molecule has 0 radical (unpaired) electrons. The number of carbonyl (C=O) groups excluding carboxylic acids is 3. The van der Waals surface area contributed by atoms with E-state index in [1.165, 1.54) is 6.33 Å².